The van der Waals surface area contributed by atoms with Crippen LogP contribution in [0.25, 0.3) is 10.9 Å². The summed E-state index contributed by atoms with van der Waals surface area (Å²) in [4.78, 5) is 27.0. The van der Waals surface area contributed by atoms with Gasteiger partial charge < -0.3 is 15.0 Å². The molecule has 0 spiro atoms. The smallest absolute Gasteiger partial charge is 0.340 e. The Balaban J connectivity index is 1.45. The summed E-state index contributed by atoms with van der Waals surface area (Å²) >= 11 is 0. The van der Waals surface area contributed by atoms with Crippen LogP contribution in [0.2, 0.25) is 0 Å². The molecule has 2 aromatic carbocycles. The van der Waals surface area contributed by atoms with E-state index in [4.69, 9.17) is 9.88 Å². The van der Waals surface area contributed by atoms with Crippen LogP contribution in [-0.4, -0.2) is 38.4 Å². The van der Waals surface area contributed by atoms with Gasteiger partial charge in [-0.15, -0.1) is 0 Å². The normalized spacial score (nSPS) is 11.3. The number of hydrogen-bond donors (Lipinski definition) is 3. The Morgan fingerprint density at radius 3 is 2.50 bits per heavy atom. The molecule has 0 aliphatic heterocycles. The van der Waals surface area contributed by atoms with Crippen molar-refractivity contribution >= 4 is 32.8 Å². The van der Waals surface area contributed by atoms with Crippen molar-refractivity contribution in [3.8, 4) is 0 Å². The number of sulfonamides is 1. The van der Waals surface area contributed by atoms with Gasteiger partial charge in [0.25, 0.3) is 5.91 Å². The van der Waals surface area contributed by atoms with Gasteiger partial charge in [0, 0.05) is 23.6 Å². The lowest BCUT2D eigenvalue weighted by Crippen LogP contribution is -2.30. The number of rotatable bonds is 7. The first-order valence-electron chi connectivity index (χ1n) is 8.46. The number of aromatic amines is 1. The fraction of sp³-hybridized carbons (Fsp3) is 0.158. The summed E-state index contributed by atoms with van der Waals surface area (Å²) in [6.45, 7) is -0.0686. The Kier molecular flexibility index (Phi) is 5.76. The molecule has 0 aliphatic carbocycles. The molecule has 3 aromatic rings. The molecule has 0 unspecified atom stereocenters. The van der Waals surface area contributed by atoms with Gasteiger partial charge in [-0.3, -0.25) is 4.79 Å². The highest BCUT2D eigenvalue weighted by atomic mass is 32.2. The summed E-state index contributed by atoms with van der Waals surface area (Å²) < 4.78 is 27.5. The van der Waals surface area contributed by atoms with E-state index in [9.17, 15) is 18.0 Å². The van der Waals surface area contributed by atoms with E-state index in [1.807, 2.05) is 18.2 Å². The first-order chi connectivity index (χ1) is 13.3. The van der Waals surface area contributed by atoms with Gasteiger partial charge in [-0.25, -0.2) is 18.4 Å². The lowest BCUT2D eigenvalue weighted by Gasteiger charge is -2.07. The molecular formula is C19H19N3O5S. The third-order valence-corrected chi connectivity index (χ3v) is 5.06. The molecule has 0 saturated heterocycles. The van der Waals surface area contributed by atoms with Crippen molar-refractivity contribution in [1.29, 1.82) is 0 Å². The number of aromatic nitrogens is 1. The number of esters is 1. The molecule has 146 valence electrons. The third kappa shape index (κ3) is 4.76. The monoisotopic (exact) mass is 401 g/mol. The van der Waals surface area contributed by atoms with E-state index in [0.717, 1.165) is 16.5 Å². The number of para-hydroxylation sites is 1. The van der Waals surface area contributed by atoms with Gasteiger partial charge in [-0.05, 0) is 30.2 Å². The summed E-state index contributed by atoms with van der Waals surface area (Å²) in [5.41, 5.74) is 2.02. The summed E-state index contributed by atoms with van der Waals surface area (Å²) in [5, 5.41) is 8.42. The van der Waals surface area contributed by atoms with E-state index in [1.165, 1.54) is 12.1 Å². The minimum absolute atomic E-state index is 0.0319. The van der Waals surface area contributed by atoms with Crippen molar-refractivity contribution in [2.75, 3.05) is 13.2 Å². The maximum absolute atomic E-state index is 12.2. The number of nitrogens with two attached hydrogens (primary N) is 1. The summed E-state index contributed by atoms with van der Waals surface area (Å²) in [5.74, 6) is -1.000. The van der Waals surface area contributed by atoms with Crippen molar-refractivity contribution in [2.45, 2.75) is 11.3 Å². The number of benzene rings is 2. The zero-order valence-electron chi connectivity index (χ0n) is 14.8. The van der Waals surface area contributed by atoms with Gasteiger partial charge in [-0.2, -0.15) is 0 Å². The van der Waals surface area contributed by atoms with Crippen LogP contribution in [0, 0.1) is 0 Å². The van der Waals surface area contributed by atoms with Crippen molar-refractivity contribution < 1.29 is 22.7 Å². The minimum atomic E-state index is -3.72. The molecule has 0 fully saturated rings. The van der Waals surface area contributed by atoms with Gasteiger partial charge in [-0.1, -0.05) is 30.3 Å². The van der Waals surface area contributed by atoms with E-state index >= 15 is 0 Å². The van der Waals surface area contributed by atoms with Crippen molar-refractivity contribution in [3.63, 3.8) is 0 Å². The molecule has 0 aliphatic rings. The first kappa shape index (κ1) is 19.6. The van der Waals surface area contributed by atoms with E-state index in [1.54, 1.807) is 24.4 Å². The number of primary sulfonamides is 1. The topological polar surface area (TPSA) is 131 Å². The molecule has 0 saturated carbocycles. The third-order valence-electron chi connectivity index (χ3n) is 4.13. The van der Waals surface area contributed by atoms with E-state index in [2.05, 4.69) is 10.3 Å². The minimum Gasteiger partial charge on any atom is -0.452 e. The molecule has 0 radical (unpaired) electrons. The Bertz CT molecular complexity index is 1100. The Hall–Kier alpha value is -3.17. The maximum atomic E-state index is 12.2. The predicted octanol–water partition coefficient (Wildman–Crippen LogP) is 1.33. The van der Waals surface area contributed by atoms with Crippen molar-refractivity contribution in [1.82, 2.24) is 10.3 Å². The maximum Gasteiger partial charge on any atom is 0.340 e. The van der Waals surface area contributed by atoms with Crippen LogP contribution >= 0.6 is 0 Å². The number of carbonyl (C=O) groups is 2. The Morgan fingerprint density at radius 2 is 1.79 bits per heavy atom. The number of ether oxygens (including phenoxy) is 1. The van der Waals surface area contributed by atoms with E-state index < -0.39 is 21.9 Å². The largest absolute Gasteiger partial charge is 0.452 e. The van der Waals surface area contributed by atoms with Gasteiger partial charge in [0.05, 0.1) is 10.5 Å². The summed E-state index contributed by atoms with van der Waals surface area (Å²) in [6, 6.07) is 13.4. The highest BCUT2D eigenvalue weighted by Gasteiger charge is 2.14. The van der Waals surface area contributed by atoms with Crippen LogP contribution in [0.3, 0.4) is 0 Å². The zero-order chi connectivity index (χ0) is 20.1. The zero-order valence-corrected chi connectivity index (χ0v) is 15.7. The lowest BCUT2D eigenvalue weighted by molar-refractivity contribution is -0.124. The second kappa shape index (κ2) is 8.24. The van der Waals surface area contributed by atoms with Gasteiger partial charge in [0.1, 0.15) is 0 Å². The van der Waals surface area contributed by atoms with Crippen molar-refractivity contribution in [2.24, 2.45) is 5.14 Å². The first-order valence-corrected chi connectivity index (χ1v) is 10.0. The van der Waals surface area contributed by atoms with Crippen LogP contribution in [0.15, 0.2) is 59.6 Å². The average Bonchev–Trinajstić information content (AvgIpc) is 3.10. The fourth-order valence-electron chi connectivity index (χ4n) is 2.69. The molecule has 4 N–H and O–H groups in total. The lowest BCUT2D eigenvalue weighted by atomic mass is 10.1. The van der Waals surface area contributed by atoms with Gasteiger partial charge in [0.15, 0.2) is 6.61 Å². The Labute approximate surface area is 161 Å². The molecule has 1 heterocycles. The molecule has 0 bridgehead atoms. The fourth-order valence-corrected chi connectivity index (χ4v) is 3.21. The molecular weight excluding hydrogens is 382 g/mol. The molecule has 3 rings (SSSR count). The Morgan fingerprint density at radius 1 is 1.07 bits per heavy atom. The quantitative estimate of drug-likeness (QED) is 0.514. The molecule has 1 aromatic heterocycles. The molecule has 0 atom stereocenters. The molecule has 9 heteroatoms. The van der Waals surface area contributed by atoms with Crippen LogP contribution < -0.4 is 10.5 Å². The summed E-state index contributed by atoms with van der Waals surface area (Å²) in [6.07, 6.45) is 2.04. The van der Waals surface area contributed by atoms with Crippen LogP contribution in [0.1, 0.15) is 15.9 Å². The summed E-state index contributed by atoms with van der Waals surface area (Å²) in [7, 11) is -3.72. The number of hydrogen-bond acceptors (Lipinski definition) is 5. The number of nitrogens with one attached hydrogen (secondary N) is 2. The SMILES string of the molecule is NS(=O)(=O)c1ccc(CCNC(=O)COC(=O)c2c[nH]c3ccccc23)cc1. The molecule has 8 nitrogen and oxygen atoms in total. The highest BCUT2D eigenvalue weighted by Crippen LogP contribution is 2.18. The standard InChI is InChI=1S/C19H19N3O5S/c20-28(25,26)14-7-5-13(6-8-14)9-10-21-18(23)12-27-19(24)16-11-22-17-4-2-1-3-15(16)17/h1-8,11,22H,9-10,12H2,(H,21,23)(H2,20,25,26). The molecule has 1 amide bonds. The number of H-pyrrole nitrogens is 1. The average molecular weight is 401 g/mol. The van der Waals surface area contributed by atoms with Crippen LogP contribution in [0.5, 0.6) is 0 Å². The predicted molar refractivity (Wildman–Crippen MR) is 103 cm³/mol. The van der Waals surface area contributed by atoms with Gasteiger partial charge in [0.2, 0.25) is 10.0 Å². The van der Waals surface area contributed by atoms with Crippen LogP contribution in [0.4, 0.5) is 0 Å². The second-order valence-electron chi connectivity index (χ2n) is 6.11. The van der Waals surface area contributed by atoms with Crippen molar-refractivity contribution in [3.05, 3.63) is 65.9 Å². The second-order valence-corrected chi connectivity index (χ2v) is 7.67. The van der Waals surface area contributed by atoms with Gasteiger partial charge >= 0.3 is 5.97 Å². The van der Waals surface area contributed by atoms with Crippen LogP contribution in [-0.2, 0) is 26.0 Å². The molecule has 28 heavy (non-hydrogen) atoms. The van der Waals surface area contributed by atoms with E-state index in [0.29, 0.717) is 18.5 Å². The highest BCUT2D eigenvalue weighted by molar-refractivity contribution is 7.89. The van der Waals surface area contributed by atoms with E-state index in [-0.39, 0.29) is 11.5 Å². The number of fused-ring (bicyclic) bond motifs is 1. The number of amides is 1. The number of carbonyl (C=O) groups excluding carboxylic acids is 2.